The topological polar surface area (TPSA) is 40.6 Å². The van der Waals surface area contributed by atoms with Gasteiger partial charge in [-0.1, -0.05) is 0 Å². The second-order valence-corrected chi connectivity index (χ2v) is 4.94. The van der Waals surface area contributed by atoms with E-state index in [9.17, 15) is 9.59 Å². The molecule has 1 aromatic carbocycles. The molecular weight excluding hydrogens is 228 g/mol. The van der Waals surface area contributed by atoms with E-state index in [0.29, 0.717) is 5.56 Å². The maximum absolute atomic E-state index is 11.7. The molecule has 0 saturated carbocycles. The third-order valence-electron chi connectivity index (χ3n) is 3.81. The molecule has 94 valence electrons. The summed E-state index contributed by atoms with van der Waals surface area (Å²) < 4.78 is 0. The molecule has 4 nitrogen and oxygen atoms in total. The van der Waals surface area contributed by atoms with Crippen LogP contribution in [0, 0.1) is 0 Å². The molecule has 0 aliphatic carbocycles. The van der Waals surface area contributed by atoms with Crippen LogP contribution in [0.1, 0.15) is 29.6 Å². The summed E-state index contributed by atoms with van der Waals surface area (Å²) in [7, 11) is 1.66. The SMILES string of the molecule is CN1C(=O)C(=O)c2ccc(N3CCCCC3)cc21. The van der Waals surface area contributed by atoms with Crippen LogP contribution in [0.25, 0.3) is 0 Å². The largest absolute Gasteiger partial charge is 0.371 e. The third kappa shape index (κ3) is 1.60. The van der Waals surface area contributed by atoms with Gasteiger partial charge in [0.05, 0.1) is 11.3 Å². The molecular formula is C14H16N2O2. The van der Waals surface area contributed by atoms with Crippen LogP contribution in [-0.2, 0) is 4.79 Å². The quantitative estimate of drug-likeness (QED) is 0.708. The van der Waals surface area contributed by atoms with Gasteiger partial charge in [-0.2, -0.15) is 0 Å². The van der Waals surface area contributed by atoms with Crippen molar-refractivity contribution in [3.05, 3.63) is 23.8 Å². The van der Waals surface area contributed by atoms with Gasteiger partial charge in [0, 0.05) is 25.8 Å². The Morgan fingerprint density at radius 3 is 2.50 bits per heavy atom. The van der Waals surface area contributed by atoms with Crippen LogP contribution < -0.4 is 9.80 Å². The van der Waals surface area contributed by atoms with E-state index >= 15 is 0 Å². The Bertz CT molecular complexity index is 519. The van der Waals surface area contributed by atoms with Gasteiger partial charge in [-0.3, -0.25) is 9.59 Å². The van der Waals surface area contributed by atoms with E-state index in [1.807, 2.05) is 12.1 Å². The fourth-order valence-corrected chi connectivity index (χ4v) is 2.72. The van der Waals surface area contributed by atoms with E-state index in [2.05, 4.69) is 4.90 Å². The fraction of sp³-hybridized carbons (Fsp3) is 0.429. The summed E-state index contributed by atoms with van der Waals surface area (Å²) in [4.78, 5) is 27.1. The lowest BCUT2D eigenvalue weighted by Gasteiger charge is -2.29. The molecule has 0 radical (unpaired) electrons. The molecule has 4 heteroatoms. The van der Waals surface area contributed by atoms with Crippen LogP contribution in [0.2, 0.25) is 0 Å². The molecule has 2 heterocycles. The summed E-state index contributed by atoms with van der Waals surface area (Å²) in [6, 6.07) is 5.70. The van der Waals surface area contributed by atoms with E-state index in [1.54, 1.807) is 13.1 Å². The van der Waals surface area contributed by atoms with Gasteiger partial charge < -0.3 is 9.80 Å². The van der Waals surface area contributed by atoms with Crippen LogP contribution in [0.3, 0.4) is 0 Å². The highest BCUT2D eigenvalue weighted by Gasteiger charge is 2.33. The number of hydrogen-bond acceptors (Lipinski definition) is 3. The predicted octanol–water partition coefficient (Wildman–Crippen LogP) is 1.84. The molecule has 0 spiro atoms. The van der Waals surface area contributed by atoms with E-state index < -0.39 is 11.7 Å². The number of amides is 1. The Morgan fingerprint density at radius 2 is 1.78 bits per heavy atom. The summed E-state index contributed by atoms with van der Waals surface area (Å²) in [6.45, 7) is 2.12. The van der Waals surface area contributed by atoms with Gasteiger partial charge in [0.15, 0.2) is 0 Å². The van der Waals surface area contributed by atoms with Gasteiger partial charge in [-0.15, -0.1) is 0 Å². The highest BCUT2D eigenvalue weighted by Crippen LogP contribution is 2.32. The minimum atomic E-state index is -0.430. The van der Waals surface area contributed by atoms with Crippen molar-refractivity contribution in [3.8, 4) is 0 Å². The summed E-state index contributed by atoms with van der Waals surface area (Å²) >= 11 is 0. The maximum atomic E-state index is 11.7. The molecule has 3 rings (SSSR count). The molecule has 2 aliphatic rings. The number of anilines is 2. The van der Waals surface area contributed by atoms with E-state index in [-0.39, 0.29) is 0 Å². The number of carbonyl (C=O) groups excluding carboxylic acids is 2. The van der Waals surface area contributed by atoms with E-state index in [4.69, 9.17) is 0 Å². The van der Waals surface area contributed by atoms with Crippen molar-refractivity contribution < 1.29 is 9.59 Å². The number of piperidine rings is 1. The zero-order chi connectivity index (χ0) is 12.7. The first-order valence-corrected chi connectivity index (χ1v) is 6.40. The predicted molar refractivity (Wildman–Crippen MR) is 70.2 cm³/mol. The molecule has 1 aromatic rings. The number of fused-ring (bicyclic) bond motifs is 1. The Kier molecular flexibility index (Phi) is 2.58. The van der Waals surface area contributed by atoms with Crippen molar-refractivity contribution in [2.45, 2.75) is 19.3 Å². The van der Waals surface area contributed by atoms with Gasteiger partial charge in [0.25, 0.3) is 11.7 Å². The first kappa shape index (κ1) is 11.3. The smallest absolute Gasteiger partial charge is 0.299 e. The van der Waals surface area contributed by atoms with Crippen molar-refractivity contribution in [1.29, 1.82) is 0 Å². The van der Waals surface area contributed by atoms with E-state index in [1.165, 1.54) is 24.2 Å². The lowest BCUT2D eigenvalue weighted by molar-refractivity contribution is -0.114. The number of likely N-dealkylation sites (N-methyl/N-ethyl adjacent to an activating group) is 1. The first-order valence-electron chi connectivity index (χ1n) is 6.40. The van der Waals surface area contributed by atoms with Gasteiger partial charge in [-0.25, -0.2) is 0 Å². The van der Waals surface area contributed by atoms with Gasteiger partial charge >= 0.3 is 0 Å². The monoisotopic (exact) mass is 244 g/mol. The van der Waals surface area contributed by atoms with Crippen molar-refractivity contribution in [2.24, 2.45) is 0 Å². The first-order chi connectivity index (χ1) is 8.68. The Morgan fingerprint density at radius 1 is 1.06 bits per heavy atom. The number of rotatable bonds is 1. The Labute approximate surface area is 106 Å². The molecule has 18 heavy (non-hydrogen) atoms. The minimum Gasteiger partial charge on any atom is -0.371 e. The number of nitrogens with zero attached hydrogens (tertiary/aromatic N) is 2. The highest BCUT2D eigenvalue weighted by atomic mass is 16.2. The Hall–Kier alpha value is -1.84. The molecule has 2 aliphatic heterocycles. The molecule has 1 fully saturated rings. The average Bonchev–Trinajstić information content (AvgIpc) is 2.65. The van der Waals surface area contributed by atoms with Crippen LogP contribution in [0.5, 0.6) is 0 Å². The second-order valence-electron chi connectivity index (χ2n) is 4.94. The lowest BCUT2D eigenvalue weighted by Crippen LogP contribution is -2.29. The summed E-state index contributed by atoms with van der Waals surface area (Å²) in [5.41, 5.74) is 2.39. The zero-order valence-electron chi connectivity index (χ0n) is 10.5. The average molecular weight is 244 g/mol. The number of hydrogen-bond donors (Lipinski definition) is 0. The molecule has 0 aromatic heterocycles. The van der Waals surface area contributed by atoms with Crippen molar-refractivity contribution >= 4 is 23.1 Å². The number of ketones is 1. The van der Waals surface area contributed by atoms with Crippen molar-refractivity contribution in [2.75, 3.05) is 29.9 Å². The lowest BCUT2D eigenvalue weighted by atomic mass is 10.1. The molecule has 0 N–H and O–H groups in total. The van der Waals surface area contributed by atoms with E-state index in [0.717, 1.165) is 24.5 Å². The molecule has 0 atom stereocenters. The van der Waals surface area contributed by atoms with Gasteiger partial charge in [0.2, 0.25) is 0 Å². The van der Waals surface area contributed by atoms with Crippen LogP contribution in [0.15, 0.2) is 18.2 Å². The van der Waals surface area contributed by atoms with Gasteiger partial charge in [-0.05, 0) is 37.5 Å². The maximum Gasteiger partial charge on any atom is 0.299 e. The van der Waals surface area contributed by atoms with Crippen LogP contribution in [0.4, 0.5) is 11.4 Å². The highest BCUT2D eigenvalue weighted by molar-refractivity contribution is 6.52. The zero-order valence-corrected chi connectivity index (χ0v) is 10.5. The van der Waals surface area contributed by atoms with Crippen molar-refractivity contribution in [3.63, 3.8) is 0 Å². The number of Topliss-reactive ketones (excluding diaryl/α,β-unsaturated/α-hetero) is 1. The number of benzene rings is 1. The minimum absolute atomic E-state index is 0.391. The van der Waals surface area contributed by atoms with Crippen molar-refractivity contribution in [1.82, 2.24) is 0 Å². The van der Waals surface area contributed by atoms with Crippen LogP contribution in [-0.4, -0.2) is 31.8 Å². The van der Waals surface area contributed by atoms with Gasteiger partial charge in [0.1, 0.15) is 0 Å². The molecule has 1 amide bonds. The molecule has 1 saturated heterocycles. The standard InChI is InChI=1S/C14H16N2O2/c1-15-12-9-10(16-7-3-2-4-8-16)5-6-11(12)13(17)14(15)18/h5-6,9H,2-4,7-8H2,1H3. The summed E-state index contributed by atoms with van der Waals surface area (Å²) in [6.07, 6.45) is 3.72. The second kappa shape index (κ2) is 4.12. The number of carbonyl (C=O) groups is 2. The summed E-state index contributed by atoms with van der Waals surface area (Å²) in [5.74, 6) is -0.821. The summed E-state index contributed by atoms with van der Waals surface area (Å²) in [5, 5.41) is 0. The van der Waals surface area contributed by atoms with Crippen LogP contribution >= 0.6 is 0 Å². The Balaban J connectivity index is 1.97. The molecule has 0 unspecified atom stereocenters. The molecule has 0 bridgehead atoms. The third-order valence-corrected chi connectivity index (χ3v) is 3.81. The fourth-order valence-electron chi connectivity index (χ4n) is 2.72. The normalized spacial score (nSPS) is 19.4.